The van der Waals surface area contributed by atoms with Crippen molar-refractivity contribution in [2.24, 2.45) is 5.73 Å². The zero-order valence-corrected chi connectivity index (χ0v) is 11.4. The molecule has 0 amide bonds. The SMILES string of the molecule is Cc1ccc(C(=N)N)cc1OCc1ccc(Cl)s1. The van der Waals surface area contributed by atoms with E-state index in [0.717, 1.165) is 20.5 Å². The van der Waals surface area contributed by atoms with Crippen LogP contribution in [-0.2, 0) is 6.61 Å². The van der Waals surface area contributed by atoms with E-state index in [9.17, 15) is 0 Å². The first-order valence-corrected chi connectivity index (χ1v) is 6.58. The lowest BCUT2D eigenvalue weighted by Gasteiger charge is -2.09. The van der Waals surface area contributed by atoms with Crippen LogP contribution in [-0.4, -0.2) is 5.84 Å². The molecule has 0 radical (unpaired) electrons. The molecule has 0 bridgehead atoms. The molecule has 1 aromatic heterocycles. The smallest absolute Gasteiger partial charge is 0.123 e. The Morgan fingerprint density at radius 1 is 1.39 bits per heavy atom. The van der Waals surface area contributed by atoms with Crippen LogP contribution in [0.25, 0.3) is 0 Å². The molecule has 0 aliphatic carbocycles. The number of halogens is 1. The van der Waals surface area contributed by atoms with Gasteiger partial charge in [0, 0.05) is 10.4 Å². The Balaban J connectivity index is 2.13. The summed E-state index contributed by atoms with van der Waals surface area (Å²) in [6.45, 7) is 2.43. The quantitative estimate of drug-likeness (QED) is 0.664. The highest BCUT2D eigenvalue weighted by molar-refractivity contribution is 7.16. The lowest BCUT2D eigenvalue weighted by Crippen LogP contribution is -2.11. The van der Waals surface area contributed by atoms with E-state index in [-0.39, 0.29) is 5.84 Å². The van der Waals surface area contributed by atoms with Crippen LogP contribution in [0.4, 0.5) is 0 Å². The lowest BCUT2D eigenvalue weighted by atomic mass is 10.1. The fourth-order valence-electron chi connectivity index (χ4n) is 1.50. The van der Waals surface area contributed by atoms with Gasteiger partial charge >= 0.3 is 0 Å². The van der Waals surface area contributed by atoms with Gasteiger partial charge in [0.1, 0.15) is 18.2 Å². The van der Waals surface area contributed by atoms with Crippen molar-refractivity contribution in [3.63, 3.8) is 0 Å². The van der Waals surface area contributed by atoms with Crippen LogP contribution in [0.3, 0.4) is 0 Å². The van der Waals surface area contributed by atoms with Gasteiger partial charge in [-0.2, -0.15) is 0 Å². The third-order valence-electron chi connectivity index (χ3n) is 2.50. The van der Waals surface area contributed by atoms with E-state index < -0.39 is 0 Å². The van der Waals surface area contributed by atoms with Crippen LogP contribution in [0.1, 0.15) is 16.0 Å². The van der Waals surface area contributed by atoms with Crippen LogP contribution < -0.4 is 10.5 Å². The van der Waals surface area contributed by atoms with Crippen LogP contribution in [0.15, 0.2) is 30.3 Å². The minimum Gasteiger partial charge on any atom is -0.488 e. The van der Waals surface area contributed by atoms with E-state index in [1.54, 1.807) is 6.07 Å². The molecule has 2 rings (SSSR count). The fourth-order valence-corrected chi connectivity index (χ4v) is 2.50. The Morgan fingerprint density at radius 2 is 2.17 bits per heavy atom. The Labute approximate surface area is 115 Å². The molecule has 0 saturated carbocycles. The third kappa shape index (κ3) is 3.03. The number of amidine groups is 1. The highest BCUT2D eigenvalue weighted by Crippen LogP contribution is 2.25. The molecular weight excluding hydrogens is 268 g/mol. The van der Waals surface area contributed by atoms with Gasteiger partial charge in [-0.25, -0.2) is 0 Å². The fraction of sp³-hybridized carbons (Fsp3) is 0.154. The molecule has 0 atom stereocenters. The average molecular weight is 281 g/mol. The van der Waals surface area contributed by atoms with Gasteiger partial charge in [-0.15, -0.1) is 11.3 Å². The van der Waals surface area contributed by atoms with Crippen molar-refractivity contribution in [2.75, 3.05) is 0 Å². The summed E-state index contributed by atoms with van der Waals surface area (Å²) in [5.41, 5.74) is 7.14. The molecule has 0 fully saturated rings. The van der Waals surface area contributed by atoms with Crippen molar-refractivity contribution in [3.05, 3.63) is 50.7 Å². The molecule has 0 unspecified atom stereocenters. The highest BCUT2D eigenvalue weighted by Gasteiger charge is 2.05. The van der Waals surface area contributed by atoms with Gasteiger partial charge in [0.2, 0.25) is 0 Å². The maximum atomic E-state index is 7.41. The predicted molar refractivity (Wildman–Crippen MR) is 75.9 cm³/mol. The van der Waals surface area contributed by atoms with Crippen molar-refractivity contribution in [2.45, 2.75) is 13.5 Å². The van der Waals surface area contributed by atoms with Crippen molar-refractivity contribution in [1.82, 2.24) is 0 Å². The Bertz CT molecular complexity index is 580. The van der Waals surface area contributed by atoms with Gasteiger partial charge in [-0.1, -0.05) is 23.7 Å². The van der Waals surface area contributed by atoms with Gasteiger partial charge < -0.3 is 10.5 Å². The Hall–Kier alpha value is -1.52. The minimum absolute atomic E-state index is 0.0408. The summed E-state index contributed by atoms with van der Waals surface area (Å²) in [5.74, 6) is 0.784. The molecule has 0 spiro atoms. The molecule has 94 valence electrons. The normalized spacial score (nSPS) is 10.3. The second kappa shape index (κ2) is 5.42. The second-order valence-electron chi connectivity index (χ2n) is 3.89. The summed E-state index contributed by atoms with van der Waals surface area (Å²) in [6.07, 6.45) is 0. The standard InChI is InChI=1S/C13H13ClN2OS/c1-8-2-3-9(13(15)16)6-11(8)17-7-10-4-5-12(14)18-10/h2-6H,7H2,1H3,(H3,15,16). The largest absolute Gasteiger partial charge is 0.488 e. The van der Waals surface area contributed by atoms with Crippen molar-refractivity contribution < 1.29 is 4.74 Å². The number of nitrogens with one attached hydrogen (secondary N) is 1. The number of nitrogens with two attached hydrogens (primary N) is 1. The van der Waals surface area contributed by atoms with E-state index in [1.807, 2.05) is 31.2 Å². The molecule has 0 saturated heterocycles. The molecule has 18 heavy (non-hydrogen) atoms. The Morgan fingerprint density at radius 3 is 2.78 bits per heavy atom. The van der Waals surface area contributed by atoms with Gasteiger partial charge in [0.05, 0.1) is 4.34 Å². The summed E-state index contributed by atoms with van der Waals surface area (Å²) in [6, 6.07) is 9.29. The number of hydrogen-bond donors (Lipinski definition) is 2. The highest BCUT2D eigenvalue weighted by atomic mass is 35.5. The Kier molecular flexibility index (Phi) is 3.89. The zero-order chi connectivity index (χ0) is 13.1. The van der Waals surface area contributed by atoms with Gasteiger partial charge in [-0.3, -0.25) is 5.41 Å². The first-order valence-electron chi connectivity index (χ1n) is 5.38. The van der Waals surface area contributed by atoms with Gasteiger partial charge in [0.15, 0.2) is 0 Å². The van der Waals surface area contributed by atoms with Crippen molar-refractivity contribution >= 4 is 28.8 Å². The molecule has 2 aromatic rings. The second-order valence-corrected chi connectivity index (χ2v) is 5.69. The van der Waals surface area contributed by atoms with E-state index in [0.29, 0.717) is 12.2 Å². The van der Waals surface area contributed by atoms with Crippen LogP contribution in [0, 0.1) is 12.3 Å². The summed E-state index contributed by atoms with van der Waals surface area (Å²) in [4.78, 5) is 1.06. The van der Waals surface area contributed by atoms with Crippen LogP contribution in [0.5, 0.6) is 5.75 Å². The third-order valence-corrected chi connectivity index (χ3v) is 3.70. The summed E-state index contributed by atoms with van der Waals surface area (Å²) >= 11 is 7.36. The van der Waals surface area contributed by atoms with Gasteiger partial charge in [-0.05, 0) is 30.7 Å². The molecule has 5 heteroatoms. The first kappa shape index (κ1) is 12.9. The van der Waals surface area contributed by atoms with Crippen molar-refractivity contribution in [1.29, 1.82) is 5.41 Å². The molecule has 0 aliphatic rings. The average Bonchev–Trinajstić information content (AvgIpc) is 2.74. The van der Waals surface area contributed by atoms with Crippen molar-refractivity contribution in [3.8, 4) is 5.75 Å². The topological polar surface area (TPSA) is 59.1 Å². The predicted octanol–water partition coefficient (Wildman–Crippen LogP) is 3.57. The number of rotatable bonds is 4. The number of benzene rings is 1. The molecule has 1 heterocycles. The maximum absolute atomic E-state index is 7.41. The van der Waals surface area contributed by atoms with E-state index in [4.69, 9.17) is 27.5 Å². The lowest BCUT2D eigenvalue weighted by molar-refractivity contribution is 0.307. The molecule has 3 N–H and O–H groups in total. The first-order chi connectivity index (χ1) is 8.56. The maximum Gasteiger partial charge on any atom is 0.123 e. The number of ether oxygens (including phenoxy) is 1. The number of hydrogen-bond acceptors (Lipinski definition) is 3. The number of thiophene rings is 1. The molecule has 1 aromatic carbocycles. The number of aryl methyl sites for hydroxylation is 1. The zero-order valence-electron chi connectivity index (χ0n) is 9.87. The van der Waals surface area contributed by atoms with E-state index >= 15 is 0 Å². The van der Waals surface area contributed by atoms with E-state index in [2.05, 4.69) is 0 Å². The van der Waals surface area contributed by atoms with Gasteiger partial charge in [0.25, 0.3) is 0 Å². The minimum atomic E-state index is 0.0408. The molecular formula is C13H13ClN2OS. The molecule has 0 aliphatic heterocycles. The van der Waals surface area contributed by atoms with Crippen LogP contribution in [0.2, 0.25) is 4.34 Å². The van der Waals surface area contributed by atoms with E-state index in [1.165, 1.54) is 11.3 Å². The molecule has 3 nitrogen and oxygen atoms in total. The van der Waals surface area contributed by atoms with Crippen LogP contribution >= 0.6 is 22.9 Å². The number of nitrogen functional groups attached to an aromatic ring is 1. The monoisotopic (exact) mass is 280 g/mol. The summed E-state index contributed by atoms with van der Waals surface area (Å²) in [5, 5.41) is 7.41. The summed E-state index contributed by atoms with van der Waals surface area (Å²) < 4.78 is 6.48. The summed E-state index contributed by atoms with van der Waals surface area (Å²) in [7, 11) is 0.